The number of likely N-dealkylation sites (tertiary alicyclic amines) is 2. The van der Waals surface area contributed by atoms with Crippen LogP contribution in [0.4, 0.5) is 13.2 Å². The molecule has 11 heteroatoms. The second kappa shape index (κ2) is 11.1. The van der Waals surface area contributed by atoms with E-state index in [0.29, 0.717) is 37.5 Å². The molecule has 41 heavy (non-hydrogen) atoms. The van der Waals surface area contributed by atoms with Crippen LogP contribution >= 0.6 is 23.2 Å². The van der Waals surface area contributed by atoms with Crippen LogP contribution in [0.25, 0.3) is 0 Å². The number of rotatable bonds is 5. The lowest BCUT2D eigenvalue weighted by Gasteiger charge is -2.34. The van der Waals surface area contributed by atoms with Gasteiger partial charge in [0.1, 0.15) is 0 Å². The number of carbonyl (C=O) groups excluding carboxylic acids is 3. The topological polar surface area (TPSA) is 60.9 Å². The fourth-order valence-corrected chi connectivity index (χ4v) is 6.35. The fraction of sp³-hybridized carbons (Fsp3) is 0.500. The molecule has 6 nitrogen and oxygen atoms in total. The summed E-state index contributed by atoms with van der Waals surface area (Å²) in [7, 11) is 1.55. The van der Waals surface area contributed by atoms with Crippen LogP contribution in [0.1, 0.15) is 60.0 Å². The summed E-state index contributed by atoms with van der Waals surface area (Å²) in [4.78, 5) is 44.9. The van der Waals surface area contributed by atoms with E-state index in [1.807, 2.05) is 24.0 Å². The predicted molar refractivity (Wildman–Crippen MR) is 150 cm³/mol. The minimum atomic E-state index is -4.70. The first-order valence-electron chi connectivity index (χ1n) is 13.8. The van der Waals surface area contributed by atoms with E-state index in [1.165, 1.54) is 11.0 Å². The smallest absolute Gasteiger partial charge is 0.342 e. The molecule has 1 aliphatic carbocycles. The third kappa shape index (κ3) is 6.07. The van der Waals surface area contributed by atoms with E-state index in [0.717, 1.165) is 30.5 Å². The van der Waals surface area contributed by atoms with Crippen LogP contribution in [0.5, 0.6) is 0 Å². The lowest BCUT2D eigenvalue weighted by atomic mass is 9.93. The Morgan fingerprint density at radius 1 is 0.951 bits per heavy atom. The predicted octanol–water partition coefficient (Wildman–Crippen LogP) is 6.12. The summed E-state index contributed by atoms with van der Waals surface area (Å²) in [6, 6.07) is 9.82. The molecule has 3 aliphatic rings. The first-order valence-corrected chi connectivity index (χ1v) is 14.5. The summed E-state index contributed by atoms with van der Waals surface area (Å²) < 4.78 is 40.4. The van der Waals surface area contributed by atoms with Gasteiger partial charge in [0.05, 0.1) is 16.6 Å². The Morgan fingerprint density at radius 2 is 1.59 bits per heavy atom. The lowest BCUT2D eigenvalue weighted by Crippen LogP contribution is -2.46. The van der Waals surface area contributed by atoms with Gasteiger partial charge in [0.2, 0.25) is 11.8 Å². The zero-order valence-corrected chi connectivity index (χ0v) is 24.4. The zero-order valence-electron chi connectivity index (χ0n) is 22.9. The van der Waals surface area contributed by atoms with Crippen LogP contribution in [0.3, 0.4) is 0 Å². The molecule has 2 atom stereocenters. The molecule has 2 aliphatic heterocycles. The fourth-order valence-electron chi connectivity index (χ4n) is 6.00. The minimum absolute atomic E-state index is 0.0251. The number of hydrogen-bond donors (Lipinski definition) is 0. The van der Waals surface area contributed by atoms with Crippen molar-refractivity contribution in [2.24, 2.45) is 11.3 Å². The number of likely N-dealkylation sites (N-methyl/N-ethyl adjacent to an activating group) is 1. The first kappa shape index (κ1) is 29.7. The minimum Gasteiger partial charge on any atom is -0.342 e. The Kier molecular flexibility index (Phi) is 8.07. The Balaban J connectivity index is 1.34. The van der Waals surface area contributed by atoms with Crippen LogP contribution in [0.2, 0.25) is 10.0 Å². The highest BCUT2D eigenvalue weighted by Crippen LogP contribution is 2.47. The van der Waals surface area contributed by atoms with Crippen molar-refractivity contribution in [3.8, 4) is 0 Å². The van der Waals surface area contributed by atoms with E-state index in [2.05, 4.69) is 0 Å². The number of alkyl halides is 3. The van der Waals surface area contributed by atoms with E-state index in [1.54, 1.807) is 24.1 Å². The molecule has 0 unspecified atom stereocenters. The van der Waals surface area contributed by atoms with Gasteiger partial charge in [-0.3, -0.25) is 14.4 Å². The van der Waals surface area contributed by atoms with Crippen molar-refractivity contribution in [2.45, 2.75) is 50.7 Å². The quantitative estimate of drug-likeness (QED) is 0.410. The molecule has 2 aromatic rings. The molecule has 0 spiro atoms. The Bertz CT molecular complexity index is 1340. The van der Waals surface area contributed by atoms with Crippen LogP contribution in [0, 0.1) is 11.3 Å². The van der Waals surface area contributed by atoms with Crippen molar-refractivity contribution in [1.82, 2.24) is 14.7 Å². The molecule has 3 amide bonds. The van der Waals surface area contributed by atoms with Crippen molar-refractivity contribution < 1.29 is 27.6 Å². The van der Waals surface area contributed by atoms with Crippen LogP contribution in [-0.2, 0) is 15.8 Å². The van der Waals surface area contributed by atoms with Gasteiger partial charge in [-0.25, -0.2) is 0 Å². The second-order valence-corrected chi connectivity index (χ2v) is 12.5. The van der Waals surface area contributed by atoms with Crippen LogP contribution < -0.4 is 0 Å². The zero-order chi connectivity index (χ0) is 29.7. The number of piperidine rings is 1. The number of benzene rings is 2. The van der Waals surface area contributed by atoms with E-state index in [-0.39, 0.29) is 41.2 Å². The summed E-state index contributed by atoms with van der Waals surface area (Å²) in [5.41, 5.74) is -0.575. The SMILES string of the molecule is CN(C(=O)c1ccc(Cl)c(C(F)(F)F)c1)[C@@H]1CN(C(=O)C2CCN(C(=O)C3(C)CC3)CC2)C[C@H]1c1ccc(Cl)cc1. The van der Waals surface area contributed by atoms with Crippen LogP contribution in [-0.4, -0.2) is 71.7 Å². The molecule has 2 heterocycles. The van der Waals surface area contributed by atoms with Gasteiger partial charge >= 0.3 is 6.18 Å². The van der Waals surface area contributed by atoms with Gasteiger partial charge in [0.15, 0.2) is 0 Å². The molecule has 0 aromatic heterocycles. The number of carbonyl (C=O) groups is 3. The van der Waals surface area contributed by atoms with Crippen molar-refractivity contribution in [1.29, 1.82) is 0 Å². The summed E-state index contributed by atoms with van der Waals surface area (Å²) in [5, 5.41) is 0.0650. The van der Waals surface area contributed by atoms with E-state index >= 15 is 0 Å². The highest BCUT2D eigenvalue weighted by Gasteiger charge is 2.48. The molecule has 0 N–H and O–H groups in total. The number of amides is 3. The normalized spacial score (nSPS) is 22.5. The van der Waals surface area contributed by atoms with E-state index in [4.69, 9.17) is 23.2 Å². The molecule has 0 bridgehead atoms. The maximum Gasteiger partial charge on any atom is 0.417 e. The molecular formula is C30H32Cl2F3N3O3. The van der Waals surface area contributed by atoms with Gasteiger partial charge in [0.25, 0.3) is 5.91 Å². The number of nitrogens with zero attached hydrogens (tertiary/aromatic N) is 3. The monoisotopic (exact) mass is 609 g/mol. The van der Waals surface area contributed by atoms with E-state index < -0.39 is 28.7 Å². The molecule has 5 rings (SSSR count). The molecule has 3 fully saturated rings. The van der Waals surface area contributed by atoms with Crippen molar-refractivity contribution in [2.75, 3.05) is 33.2 Å². The van der Waals surface area contributed by atoms with E-state index in [9.17, 15) is 27.6 Å². The molecule has 1 saturated carbocycles. The Hall–Kier alpha value is -2.78. The average molecular weight is 611 g/mol. The van der Waals surface area contributed by atoms with Gasteiger partial charge in [-0.05, 0) is 61.6 Å². The van der Waals surface area contributed by atoms with Crippen LogP contribution in [0.15, 0.2) is 42.5 Å². The molecule has 220 valence electrons. The third-order valence-electron chi connectivity index (χ3n) is 8.88. The Labute approximate surface area is 247 Å². The molecular weight excluding hydrogens is 578 g/mol. The van der Waals surface area contributed by atoms with Gasteiger partial charge < -0.3 is 14.7 Å². The largest absolute Gasteiger partial charge is 0.417 e. The van der Waals surface area contributed by atoms with Crippen molar-refractivity contribution in [3.63, 3.8) is 0 Å². The maximum absolute atomic E-state index is 13.7. The standard InChI is InChI=1S/C30H32Cl2F3N3O3/c1-29(11-12-29)28(41)37-13-9-19(10-14-37)27(40)38-16-22(18-3-6-21(31)7-4-18)25(17-38)36(2)26(39)20-5-8-24(32)23(15-20)30(33,34)35/h3-8,15,19,22,25H,9-14,16-17H2,1-2H3/t22-,25+/m0/s1. The summed E-state index contributed by atoms with van der Waals surface area (Å²) in [6.45, 7) is 3.66. The first-order chi connectivity index (χ1) is 19.3. The number of hydrogen-bond acceptors (Lipinski definition) is 3. The third-order valence-corrected chi connectivity index (χ3v) is 9.46. The summed E-state index contributed by atoms with van der Waals surface area (Å²) in [6.07, 6.45) is -1.73. The molecule has 2 aromatic carbocycles. The molecule has 2 saturated heterocycles. The molecule has 0 radical (unpaired) electrons. The second-order valence-electron chi connectivity index (χ2n) is 11.7. The summed E-state index contributed by atoms with van der Waals surface area (Å²) >= 11 is 11.9. The highest BCUT2D eigenvalue weighted by molar-refractivity contribution is 6.31. The van der Waals surface area contributed by atoms with Gasteiger partial charge in [0, 0.05) is 61.1 Å². The van der Waals surface area contributed by atoms with Crippen molar-refractivity contribution in [3.05, 3.63) is 69.2 Å². The van der Waals surface area contributed by atoms with Gasteiger partial charge in [-0.15, -0.1) is 0 Å². The van der Waals surface area contributed by atoms with Gasteiger partial charge in [-0.1, -0.05) is 42.3 Å². The Morgan fingerprint density at radius 3 is 2.17 bits per heavy atom. The van der Waals surface area contributed by atoms with Gasteiger partial charge in [-0.2, -0.15) is 13.2 Å². The lowest BCUT2D eigenvalue weighted by molar-refractivity contribution is -0.142. The van der Waals surface area contributed by atoms with Crippen molar-refractivity contribution >= 4 is 40.9 Å². The maximum atomic E-state index is 13.7. The number of halogens is 5. The summed E-state index contributed by atoms with van der Waals surface area (Å²) in [5.74, 6) is -0.949. The average Bonchev–Trinajstić information content (AvgIpc) is 3.55. The highest BCUT2D eigenvalue weighted by atomic mass is 35.5.